The van der Waals surface area contributed by atoms with Crippen LogP contribution in [0.5, 0.6) is 17.2 Å². The zero-order valence-electron chi connectivity index (χ0n) is 16.0. The molecule has 0 heterocycles. The fourth-order valence-corrected chi connectivity index (χ4v) is 2.63. The van der Waals surface area contributed by atoms with Gasteiger partial charge in [0.1, 0.15) is 29.4 Å². The molecule has 0 aromatic heterocycles. The molecule has 0 fully saturated rings. The van der Waals surface area contributed by atoms with Crippen molar-refractivity contribution in [1.82, 2.24) is 0 Å². The summed E-state index contributed by atoms with van der Waals surface area (Å²) in [7, 11) is 0. The summed E-state index contributed by atoms with van der Waals surface area (Å²) in [5.41, 5.74) is 2.96. The number of hydrogen-bond acceptors (Lipinski definition) is 4. The van der Waals surface area contributed by atoms with Gasteiger partial charge in [0, 0.05) is 17.7 Å². The standard InChI is InChI=1S/C23H26O4/c1-16(2)8-7-9-17(3)12-13-27-21-15-19(24)14-20(25)22(21)23(26)18-10-5-4-6-11-18/h4-6,8,10-12,14-15,24-25H,7,9,13H2,1-3H3/b17-12+. The Morgan fingerprint density at radius 2 is 1.74 bits per heavy atom. The molecule has 0 radical (unpaired) electrons. The van der Waals surface area contributed by atoms with Crippen molar-refractivity contribution >= 4 is 5.78 Å². The van der Waals surface area contributed by atoms with Crippen molar-refractivity contribution in [1.29, 1.82) is 0 Å². The first-order valence-electron chi connectivity index (χ1n) is 8.96. The molecular weight excluding hydrogens is 340 g/mol. The van der Waals surface area contributed by atoms with E-state index in [2.05, 4.69) is 19.9 Å². The molecule has 4 heteroatoms. The third-order valence-electron chi connectivity index (χ3n) is 4.09. The van der Waals surface area contributed by atoms with Crippen molar-refractivity contribution in [3.05, 3.63) is 76.9 Å². The summed E-state index contributed by atoms with van der Waals surface area (Å²) in [5.74, 6) is -0.651. The zero-order chi connectivity index (χ0) is 19.8. The van der Waals surface area contributed by atoms with Crippen molar-refractivity contribution in [2.45, 2.75) is 33.6 Å². The highest BCUT2D eigenvalue weighted by Crippen LogP contribution is 2.34. The maximum Gasteiger partial charge on any atom is 0.200 e. The fraction of sp³-hybridized carbons (Fsp3) is 0.261. The fourth-order valence-electron chi connectivity index (χ4n) is 2.63. The van der Waals surface area contributed by atoms with Gasteiger partial charge in [0.2, 0.25) is 5.78 Å². The number of carbonyl (C=O) groups is 1. The molecule has 0 saturated carbocycles. The summed E-state index contributed by atoms with van der Waals surface area (Å²) in [6, 6.07) is 11.2. The number of allylic oxidation sites excluding steroid dienone is 3. The second-order valence-corrected chi connectivity index (χ2v) is 6.71. The van der Waals surface area contributed by atoms with Gasteiger partial charge in [-0.15, -0.1) is 0 Å². The molecule has 4 nitrogen and oxygen atoms in total. The lowest BCUT2D eigenvalue weighted by Gasteiger charge is -2.12. The SMILES string of the molecule is CC(C)=CCC/C(C)=C/COc1cc(O)cc(O)c1C(=O)c1ccccc1. The van der Waals surface area contributed by atoms with Gasteiger partial charge >= 0.3 is 0 Å². The Morgan fingerprint density at radius 3 is 2.41 bits per heavy atom. The molecule has 0 bridgehead atoms. The van der Waals surface area contributed by atoms with Crippen molar-refractivity contribution in [2.75, 3.05) is 6.61 Å². The van der Waals surface area contributed by atoms with E-state index in [1.807, 2.05) is 19.1 Å². The molecule has 2 N–H and O–H groups in total. The molecule has 142 valence electrons. The van der Waals surface area contributed by atoms with E-state index in [1.54, 1.807) is 24.3 Å². The maximum atomic E-state index is 12.8. The molecule has 0 aliphatic carbocycles. The van der Waals surface area contributed by atoms with Gasteiger partial charge in [0.25, 0.3) is 0 Å². The normalized spacial score (nSPS) is 11.1. The number of phenols is 2. The molecule has 0 atom stereocenters. The first kappa shape index (κ1) is 20.3. The average molecular weight is 366 g/mol. The third-order valence-corrected chi connectivity index (χ3v) is 4.09. The van der Waals surface area contributed by atoms with Crippen molar-refractivity contribution in [3.8, 4) is 17.2 Å². The molecule has 0 amide bonds. The Kier molecular flexibility index (Phi) is 7.24. The highest BCUT2D eigenvalue weighted by molar-refractivity contribution is 6.12. The van der Waals surface area contributed by atoms with Crippen LogP contribution in [0, 0.1) is 0 Å². The van der Waals surface area contributed by atoms with Gasteiger partial charge in [-0.05, 0) is 39.7 Å². The van der Waals surface area contributed by atoms with E-state index in [1.165, 1.54) is 17.2 Å². The molecule has 0 aliphatic rings. The lowest BCUT2D eigenvalue weighted by atomic mass is 10.0. The highest BCUT2D eigenvalue weighted by atomic mass is 16.5. The molecule has 2 rings (SSSR count). The molecule has 0 unspecified atom stereocenters. The minimum absolute atomic E-state index is 0.0506. The Bertz CT molecular complexity index is 844. The summed E-state index contributed by atoms with van der Waals surface area (Å²) >= 11 is 0. The minimum Gasteiger partial charge on any atom is -0.508 e. The summed E-state index contributed by atoms with van der Waals surface area (Å²) < 4.78 is 5.71. The number of benzene rings is 2. The van der Waals surface area contributed by atoms with Crippen LogP contribution in [0.25, 0.3) is 0 Å². The van der Waals surface area contributed by atoms with Gasteiger partial charge in [0.05, 0.1) is 0 Å². The number of ether oxygens (including phenoxy) is 1. The Hall–Kier alpha value is -3.01. The number of carbonyl (C=O) groups excluding carboxylic acids is 1. The average Bonchev–Trinajstić information content (AvgIpc) is 2.61. The van der Waals surface area contributed by atoms with Gasteiger partial charge in [-0.3, -0.25) is 4.79 Å². The summed E-state index contributed by atoms with van der Waals surface area (Å²) in [6.07, 6.45) is 6.02. The first-order valence-corrected chi connectivity index (χ1v) is 8.96. The third kappa shape index (κ3) is 6.03. The van der Waals surface area contributed by atoms with Crippen LogP contribution in [-0.4, -0.2) is 22.6 Å². The number of hydrogen-bond donors (Lipinski definition) is 2. The lowest BCUT2D eigenvalue weighted by Crippen LogP contribution is -2.06. The largest absolute Gasteiger partial charge is 0.508 e. The van der Waals surface area contributed by atoms with Crippen LogP contribution in [0.1, 0.15) is 49.5 Å². The van der Waals surface area contributed by atoms with E-state index in [4.69, 9.17) is 4.74 Å². The van der Waals surface area contributed by atoms with Crippen LogP contribution >= 0.6 is 0 Å². The van der Waals surface area contributed by atoms with Crippen LogP contribution in [-0.2, 0) is 0 Å². The summed E-state index contributed by atoms with van der Waals surface area (Å²) in [6.45, 7) is 6.42. The quantitative estimate of drug-likeness (QED) is 0.485. The van der Waals surface area contributed by atoms with Crippen LogP contribution in [0.3, 0.4) is 0 Å². The maximum absolute atomic E-state index is 12.8. The van der Waals surface area contributed by atoms with Gasteiger partial charge in [-0.25, -0.2) is 0 Å². The van der Waals surface area contributed by atoms with E-state index in [-0.39, 0.29) is 35.2 Å². The topological polar surface area (TPSA) is 66.8 Å². The van der Waals surface area contributed by atoms with Crippen LogP contribution in [0.4, 0.5) is 0 Å². The highest BCUT2D eigenvalue weighted by Gasteiger charge is 2.20. The smallest absolute Gasteiger partial charge is 0.200 e. The van der Waals surface area contributed by atoms with E-state index in [0.717, 1.165) is 18.9 Å². The van der Waals surface area contributed by atoms with E-state index in [0.29, 0.717) is 5.56 Å². The predicted octanol–water partition coefficient (Wildman–Crippen LogP) is 5.40. The number of rotatable bonds is 8. The van der Waals surface area contributed by atoms with Gasteiger partial charge in [-0.1, -0.05) is 47.6 Å². The van der Waals surface area contributed by atoms with E-state index >= 15 is 0 Å². The summed E-state index contributed by atoms with van der Waals surface area (Å²) in [5, 5.41) is 20.0. The first-order chi connectivity index (χ1) is 12.9. The minimum atomic E-state index is -0.354. The lowest BCUT2D eigenvalue weighted by molar-refractivity contribution is 0.103. The van der Waals surface area contributed by atoms with Crippen molar-refractivity contribution < 1.29 is 19.7 Å². The molecule has 0 saturated heterocycles. The Balaban J connectivity index is 2.17. The number of phenolic OH excluding ortho intramolecular Hbond substituents is 2. The van der Waals surface area contributed by atoms with Crippen molar-refractivity contribution in [2.24, 2.45) is 0 Å². The van der Waals surface area contributed by atoms with E-state index < -0.39 is 0 Å². The zero-order valence-corrected chi connectivity index (χ0v) is 16.0. The van der Waals surface area contributed by atoms with Gasteiger partial charge in [-0.2, -0.15) is 0 Å². The molecule has 2 aromatic carbocycles. The Labute approximate surface area is 160 Å². The Morgan fingerprint density at radius 1 is 1.04 bits per heavy atom. The predicted molar refractivity (Wildman–Crippen MR) is 108 cm³/mol. The monoisotopic (exact) mass is 366 g/mol. The molecule has 27 heavy (non-hydrogen) atoms. The summed E-state index contributed by atoms with van der Waals surface area (Å²) in [4.78, 5) is 12.8. The number of aromatic hydroxyl groups is 2. The second kappa shape index (κ2) is 9.62. The van der Waals surface area contributed by atoms with Gasteiger partial charge < -0.3 is 14.9 Å². The second-order valence-electron chi connectivity index (χ2n) is 6.71. The van der Waals surface area contributed by atoms with E-state index in [9.17, 15) is 15.0 Å². The number of ketones is 1. The van der Waals surface area contributed by atoms with Crippen LogP contribution in [0.15, 0.2) is 65.8 Å². The molecule has 0 spiro atoms. The van der Waals surface area contributed by atoms with Crippen LogP contribution < -0.4 is 4.74 Å². The molecule has 2 aromatic rings. The van der Waals surface area contributed by atoms with Crippen molar-refractivity contribution in [3.63, 3.8) is 0 Å². The van der Waals surface area contributed by atoms with Crippen LogP contribution in [0.2, 0.25) is 0 Å². The molecular formula is C23H26O4. The van der Waals surface area contributed by atoms with Gasteiger partial charge in [0.15, 0.2) is 0 Å². The molecule has 0 aliphatic heterocycles.